The van der Waals surface area contributed by atoms with Gasteiger partial charge in [0.2, 0.25) is 0 Å². The van der Waals surface area contributed by atoms with Crippen LogP contribution in [0.15, 0.2) is 12.1 Å². The van der Waals surface area contributed by atoms with Crippen molar-refractivity contribution in [1.82, 2.24) is 5.32 Å². The van der Waals surface area contributed by atoms with Crippen molar-refractivity contribution < 1.29 is 9.53 Å². The lowest BCUT2D eigenvalue weighted by atomic mass is 9.85. The molecule has 1 aromatic carbocycles. The van der Waals surface area contributed by atoms with Crippen LogP contribution < -0.4 is 5.32 Å². The average Bonchev–Trinajstić information content (AvgIpc) is 2.41. The summed E-state index contributed by atoms with van der Waals surface area (Å²) < 4.78 is 4.82. The maximum atomic E-state index is 11.7. The van der Waals surface area contributed by atoms with Gasteiger partial charge in [0.05, 0.1) is 12.7 Å². The summed E-state index contributed by atoms with van der Waals surface area (Å²) in [4.78, 5) is 11.7. The molecule has 0 aromatic heterocycles. The van der Waals surface area contributed by atoms with Gasteiger partial charge in [0.25, 0.3) is 0 Å². The van der Waals surface area contributed by atoms with E-state index >= 15 is 0 Å². The van der Waals surface area contributed by atoms with Gasteiger partial charge in [-0.3, -0.25) is 0 Å². The van der Waals surface area contributed by atoms with Gasteiger partial charge in [0, 0.05) is 0 Å². The number of esters is 1. The second kappa shape index (κ2) is 5.53. The van der Waals surface area contributed by atoms with Crippen LogP contribution in [0.4, 0.5) is 0 Å². The van der Waals surface area contributed by atoms with E-state index in [0.29, 0.717) is 11.5 Å². The first-order valence-corrected chi connectivity index (χ1v) is 6.53. The van der Waals surface area contributed by atoms with Crippen LogP contribution in [0.2, 0.25) is 0 Å². The highest BCUT2D eigenvalue weighted by molar-refractivity contribution is 5.90. The fourth-order valence-corrected chi connectivity index (χ4v) is 2.68. The van der Waals surface area contributed by atoms with Crippen molar-refractivity contribution in [2.75, 3.05) is 20.2 Å². The number of rotatable bonds is 2. The summed E-state index contributed by atoms with van der Waals surface area (Å²) in [6.45, 7) is 6.33. The molecule has 0 amide bonds. The first-order chi connectivity index (χ1) is 8.63. The van der Waals surface area contributed by atoms with E-state index < -0.39 is 0 Å². The van der Waals surface area contributed by atoms with E-state index in [1.165, 1.54) is 23.8 Å². The lowest BCUT2D eigenvalue weighted by molar-refractivity contribution is 0.0600. The Morgan fingerprint density at radius 2 is 1.94 bits per heavy atom. The Kier molecular flexibility index (Phi) is 4.02. The van der Waals surface area contributed by atoms with Gasteiger partial charge in [0.15, 0.2) is 0 Å². The van der Waals surface area contributed by atoms with E-state index in [-0.39, 0.29) is 5.97 Å². The third-order valence-electron chi connectivity index (χ3n) is 3.91. The van der Waals surface area contributed by atoms with Crippen molar-refractivity contribution in [2.24, 2.45) is 0 Å². The predicted octanol–water partition coefficient (Wildman–Crippen LogP) is 2.56. The minimum Gasteiger partial charge on any atom is -0.465 e. The molecule has 1 fully saturated rings. The van der Waals surface area contributed by atoms with Crippen LogP contribution >= 0.6 is 0 Å². The standard InChI is InChI=1S/C15H21NO2/c1-10-8-13(15(17)18-3)9-14(11(10)2)12-4-6-16-7-5-12/h8-9,12,16H,4-7H2,1-3H3. The largest absolute Gasteiger partial charge is 0.465 e. The first-order valence-electron chi connectivity index (χ1n) is 6.53. The van der Waals surface area contributed by atoms with E-state index in [4.69, 9.17) is 4.74 Å². The molecular weight excluding hydrogens is 226 g/mol. The van der Waals surface area contributed by atoms with Crippen molar-refractivity contribution in [2.45, 2.75) is 32.6 Å². The zero-order valence-corrected chi connectivity index (χ0v) is 11.4. The minimum atomic E-state index is -0.242. The zero-order chi connectivity index (χ0) is 13.1. The maximum Gasteiger partial charge on any atom is 0.337 e. The van der Waals surface area contributed by atoms with Crippen molar-refractivity contribution in [3.05, 3.63) is 34.4 Å². The molecule has 0 radical (unpaired) electrons. The summed E-state index contributed by atoms with van der Waals surface area (Å²) >= 11 is 0. The van der Waals surface area contributed by atoms with Crippen LogP contribution in [0.25, 0.3) is 0 Å². The molecule has 18 heavy (non-hydrogen) atoms. The number of piperidine rings is 1. The number of methoxy groups -OCH3 is 1. The zero-order valence-electron chi connectivity index (χ0n) is 11.4. The smallest absolute Gasteiger partial charge is 0.337 e. The minimum absolute atomic E-state index is 0.242. The Bertz CT molecular complexity index is 448. The number of hydrogen-bond acceptors (Lipinski definition) is 3. The Balaban J connectivity index is 2.38. The number of hydrogen-bond donors (Lipinski definition) is 1. The van der Waals surface area contributed by atoms with E-state index in [2.05, 4.69) is 19.2 Å². The van der Waals surface area contributed by atoms with Crippen LogP contribution in [0, 0.1) is 13.8 Å². The van der Waals surface area contributed by atoms with Crippen LogP contribution in [0.1, 0.15) is 45.8 Å². The van der Waals surface area contributed by atoms with E-state index in [1.54, 1.807) is 0 Å². The highest BCUT2D eigenvalue weighted by atomic mass is 16.5. The summed E-state index contributed by atoms with van der Waals surface area (Å²) in [7, 11) is 1.43. The van der Waals surface area contributed by atoms with Gasteiger partial charge in [0.1, 0.15) is 0 Å². The quantitative estimate of drug-likeness (QED) is 0.816. The Morgan fingerprint density at radius 1 is 1.28 bits per heavy atom. The van der Waals surface area contributed by atoms with Gasteiger partial charge >= 0.3 is 5.97 Å². The molecule has 1 saturated heterocycles. The van der Waals surface area contributed by atoms with Crippen molar-refractivity contribution in [1.29, 1.82) is 0 Å². The molecule has 0 aliphatic carbocycles. The average molecular weight is 247 g/mol. The number of benzene rings is 1. The first kappa shape index (κ1) is 13.1. The third-order valence-corrected chi connectivity index (χ3v) is 3.91. The Labute approximate surface area is 109 Å². The van der Waals surface area contributed by atoms with E-state index in [1.807, 2.05) is 12.1 Å². The predicted molar refractivity (Wildman–Crippen MR) is 72.1 cm³/mol. The Hall–Kier alpha value is -1.35. The van der Waals surface area contributed by atoms with Gasteiger partial charge < -0.3 is 10.1 Å². The fourth-order valence-electron chi connectivity index (χ4n) is 2.68. The summed E-state index contributed by atoms with van der Waals surface area (Å²) in [5.74, 6) is 0.322. The van der Waals surface area contributed by atoms with Crippen molar-refractivity contribution in [3.63, 3.8) is 0 Å². The highest BCUT2D eigenvalue weighted by Crippen LogP contribution is 2.30. The van der Waals surface area contributed by atoms with Crippen LogP contribution in [-0.4, -0.2) is 26.2 Å². The molecule has 0 atom stereocenters. The maximum absolute atomic E-state index is 11.7. The summed E-state index contributed by atoms with van der Waals surface area (Å²) in [6, 6.07) is 3.94. The molecule has 0 bridgehead atoms. The third kappa shape index (κ3) is 2.56. The fraction of sp³-hybridized carbons (Fsp3) is 0.533. The second-order valence-electron chi connectivity index (χ2n) is 5.02. The Morgan fingerprint density at radius 3 is 2.56 bits per heavy atom. The molecule has 0 saturated carbocycles. The number of nitrogens with one attached hydrogen (secondary N) is 1. The number of carbonyl (C=O) groups excluding carboxylic acids is 1. The number of aryl methyl sites for hydroxylation is 1. The van der Waals surface area contributed by atoms with Gasteiger partial charge in [-0.1, -0.05) is 0 Å². The van der Waals surface area contributed by atoms with E-state index in [0.717, 1.165) is 25.9 Å². The molecule has 3 nitrogen and oxygen atoms in total. The molecule has 0 unspecified atom stereocenters. The number of carbonyl (C=O) groups is 1. The van der Waals surface area contributed by atoms with Crippen LogP contribution in [0.3, 0.4) is 0 Å². The molecular formula is C15H21NO2. The molecule has 3 heteroatoms. The molecule has 1 heterocycles. The SMILES string of the molecule is COC(=O)c1cc(C)c(C)c(C2CCNCC2)c1. The molecule has 2 rings (SSSR count). The molecule has 1 aliphatic heterocycles. The van der Waals surface area contributed by atoms with Gasteiger partial charge in [-0.05, 0) is 74.5 Å². The van der Waals surface area contributed by atoms with Gasteiger partial charge in [-0.2, -0.15) is 0 Å². The van der Waals surface area contributed by atoms with Crippen molar-refractivity contribution >= 4 is 5.97 Å². The van der Waals surface area contributed by atoms with Crippen LogP contribution in [-0.2, 0) is 4.74 Å². The van der Waals surface area contributed by atoms with E-state index in [9.17, 15) is 4.79 Å². The number of ether oxygens (including phenoxy) is 1. The monoisotopic (exact) mass is 247 g/mol. The topological polar surface area (TPSA) is 38.3 Å². The summed E-state index contributed by atoms with van der Waals surface area (Å²) in [6.07, 6.45) is 2.29. The molecule has 98 valence electrons. The van der Waals surface area contributed by atoms with Crippen LogP contribution in [0.5, 0.6) is 0 Å². The van der Waals surface area contributed by atoms with Gasteiger partial charge in [-0.25, -0.2) is 4.79 Å². The highest BCUT2D eigenvalue weighted by Gasteiger charge is 2.20. The molecule has 0 spiro atoms. The van der Waals surface area contributed by atoms with Crippen molar-refractivity contribution in [3.8, 4) is 0 Å². The molecule has 1 aromatic rings. The lowest BCUT2D eigenvalue weighted by Gasteiger charge is -2.25. The normalized spacial score (nSPS) is 16.6. The summed E-state index contributed by atoms with van der Waals surface area (Å²) in [5, 5.41) is 3.38. The molecule has 1 N–H and O–H groups in total. The lowest BCUT2D eigenvalue weighted by Crippen LogP contribution is -2.27. The molecule has 1 aliphatic rings. The van der Waals surface area contributed by atoms with Gasteiger partial charge in [-0.15, -0.1) is 0 Å². The summed E-state index contributed by atoms with van der Waals surface area (Å²) in [5.41, 5.74) is 4.48. The second-order valence-corrected chi connectivity index (χ2v) is 5.02.